The average molecular weight is 307 g/mol. The summed E-state index contributed by atoms with van der Waals surface area (Å²) in [5.41, 5.74) is 4.55. The number of piperidine rings is 1. The largest absolute Gasteiger partial charge is 0.497 e. The van der Waals surface area contributed by atoms with Gasteiger partial charge in [-0.15, -0.1) is 0 Å². The summed E-state index contributed by atoms with van der Waals surface area (Å²) in [5, 5.41) is 0. The highest BCUT2D eigenvalue weighted by atomic mass is 16.5. The molecular formula is C21H25NO. The third-order valence-electron chi connectivity index (χ3n) is 5.54. The van der Waals surface area contributed by atoms with Crippen LogP contribution in [0.2, 0.25) is 0 Å². The summed E-state index contributed by atoms with van der Waals surface area (Å²) in [5.74, 6) is 1.75. The van der Waals surface area contributed by atoms with Crippen molar-refractivity contribution < 1.29 is 4.74 Å². The summed E-state index contributed by atoms with van der Waals surface area (Å²) in [4.78, 5) is 2.71. The quantitative estimate of drug-likeness (QED) is 0.847. The number of hydrogen-bond donors (Lipinski definition) is 0. The Morgan fingerprint density at radius 3 is 2.43 bits per heavy atom. The van der Waals surface area contributed by atoms with Crippen LogP contribution in [0.1, 0.15) is 29.5 Å². The molecule has 1 aliphatic carbocycles. The predicted octanol–water partition coefficient (Wildman–Crippen LogP) is 4.07. The molecule has 2 aromatic carbocycles. The van der Waals surface area contributed by atoms with E-state index in [1.807, 2.05) is 0 Å². The fraction of sp³-hybridized carbons (Fsp3) is 0.429. The van der Waals surface area contributed by atoms with Gasteiger partial charge in [0.05, 0.1) is 7.11 Å². The lowest BCUT2D eigenvalue weighted by molar-refractivity contribution is 0.0938. The van der Waals surface area contributed by atoms with Gasteiger partial charge in [-0.3, -0.25) is 4.90 Å². The van der Waals surface area contributed by atoms with Crippen molar-refractivity contribution in [2.24, 2.45) is 5.92 Å². The molecule has 0 radical (unpaired) electrons. The molecule has 2 aliphatic heterocycles. The third kappa shape index (κ3) is 3.13. The van der Waals surface area contributed by atoms with Gasteiger partial charge in [-0.25, -0.2) is 0 Å². The van der Waals surface area contributed by atoms with E-state index in [4.69, 9.17) is 4.74 Å². The second kappa shape index (κ2) is 6.37. The molecule has 23 heavy (non-hydrogen) atoms. The number of rotatable bonds is 3. The minimum absolute atomic E-state index is 0.690. The van der Waals surface area contributed by atoms with Gasteiger partial charge < -0.3 is 4.74 Å². The van der Waals surface area contributed by atoms with Crippen LogP contribution in [0, 0.1) is 5.92 Å². The van der Waals surface area contributed by atoms with Crippen molar-refractivity contribution in [1.29, 1.82) is 0 Å². The summed E-state index contributed by atoms with van der Waals surface area (Å²) in [6, 6.07) is 18.3. The van der Waals surface area contributed by atoms with Gasteiger partial charge >= 0.3 is 0 Å². The molecule has 1 fully saturated rings. The van der Waals surface area contributed by atoms with E-state index in [1.54, 1.807) is 18.2 Å². The molecule has 0 spiro atoms. The Labute approximate surface area is 139 Å². The zero-order valence-electron chi connectivity index (χ0n) is 13.9. The van der Waals surface area contributed by atoms with Gasteiger partial charge in [0.25, 0.3) is 0 Å². The number of fused-ring (bicyclic) bond motifs is 2. The molecule has 2 heterocycles. The van der Waals surface area contributed by atoms with Gasteiger partial charge in [0.1, 0.15) is 5.75 Å². The maximum atomic E-state index is 5.27. The minimum atomic E-state index is 0.690. The van der Waals surface area contributed by atoms with Crippen LogP contribution in [-0.2, 0) is 19.4 Å². The minimum Gasteiger partial charge on any atom is -0.497 e. The third-order valence-corrected chi connectivity index (χ3v) is 5.54. The lowest BCUT2D eigenvalue weighted by Crippen LogP contribution is -2.46. The van der Waals surface area contributed by atoms with Crippen molar-refractivity contribution in [2.45, 2.75) is 38.3 Å². The summed E-state index contributed by atoms with van der Waals surface area (Å²) in [6.07, 6.45) is 5.19. The molecular weight excluding hydrogens is 282 g/mol. The first kappa shape index (κ1) is 14.8. The Bertz CT molecular complexity index is 664. The molecule has 3 aliphatic rings. The molecule has 0 N–H and O–H groups in total. The van der Waals surface area contributed by atoms with Crippen molar-refractivity contribution in [3.63, 3.8) is 0 Å². The van der Waals surface area contributed by atoms with Crippen LogP contribution in [0.15, 0.2) is 48.5 Å². The van der Waals surface area contributed by atoms with E-state index in [0.29, 0.717) is 6.04 Å². The first-order valence-electron chi connectivity index (χ1n) is 8.75. The first-order chi connectivity index (χ1) is 11.3. The molecule has 0 saturated carbocycles. The normalized spacial score (nSPS) is 23.9. The van der Waals surface area contributed by atoms with Gasteiger partial charge in [0.2, 0.25) is 0 Å². The van der Waals surface area contributed by atoms with Crippen LogP contribution in [0.4, 0.5) is 0 Å². The Morgan fingerprint density at radius 1 is 0.957 bits per heavy atom. The maximum Gasteiger partial charge on any atom is 0.118 e. The van der Waals surface area contributed by atoms with Crippen LogP contribution in [0.25, 0.3) is 0 Å². The Morgan fingerprint density at radius 2 is 1.70 bits per heavy atom. The van der Waals surface area contributed by atoms with Crippen LogP contribution in [0.5, 0.6) is 5.75 Å². The van der Waals surface area contributed by atoms with Crippen LogP contribution < -0.4 is 4.74 Å². The summed E-state index contributed by atoms with van der Waals surface area (Å²) in [6.45, 7) is 2.30. The number of hydrogen-bond acceptors (Lipinski definition) is 2. The van der Waals surface area contributed by atoms with Gasteiger partial charge in [0, 0.05) is 19.1 Å². The van der Waals surface area contributed by atoms with E-state index >= 15 is 0 Å². The van der Waals surface area contributed by atoms with E-state index in [0.717, 1.165) is 18.2 Å². The predicted molar refractivity (Wildman–Crippen MR) is 93.8 cm³/mol. The molecule has 0 amide bonds. The second-order valence-corrected chi connectivity index (χ2v) is 7.05. The number of nitrogens with zero attached hydrogens (tertiary/aromatic N) is 1. The highest BCUT2D eigenvalue weighted by molar-refractivity contribution is 5.30. The molecule has 2 bridgehead atoms. The standard InChI is InChI=1S/C21H25NO/c1-23-21-10-7-16(8-11-21)14-22-15-17-6-9-20(22)13-19-5-3-2-4-18(19)12-17/h2-5,7-8,10-11,17,20H,6,9,12-15H2,1H3/t17-,20-/m1/s1. The summed E-state index contributed by atoms with van der Waals surface area (Å²) < 4.78 is 5.27. The van der Waals surface area contributed by atoms with E-state index in [9.17, 15) is 0 Å². The fourth-order valence-corrected chi connectivity index (χ4v) is 4.26. The molecule has 1 saturated heterocycles. The molecule has 2 nitrogen and oxygen atoms in total. The molecule has 2 aromatic rings. The van der Waals surface area contributed by atoms with E-state index in [-0.39, 0.29) is 0 Å². The van der Waals surface area contributed by atoms with Gasteiger partial charge in [0.15, 0.2) is 0 Å². The van der Waals surface area contributed by atoms with Crippen molar-refractivity contribution in [1.82, 2.24) is 4.90 Å². The van der Waals surface area contributed by atoms with Crippen LogP contribution in [-0.4, -0.2) is 24.6 Å². The molecule has 120 valence electrons. The molecule has 0 unspecified atom stereocenters. The highest BCUT2D eigenvalue weighted by Gasteiger charge is 2.31. The number of ether oxygens (including phenoxy) is 1. The lowest BCUT2D eigenvalue weighted by Gasteiger charge is -2.42. The SMILES string of the molecule is COc1ccc(CN2C[C@@H]3CC[C@@H]2Cc2ccccc2C3)cc1. The Balaban J connectivity index is 1.54. The van der Waals surface area contributed by atoms with Crippen molar-refractivity contribution in [2.75, 3.05) is 13.7 Å². The molecule has 2 atom stereocenters. The monoisotopic (exact) mass is 307 g/mol. The van der Waals surface area contributed by atoms with Gasteiger partial charge in [-0.1, -0.05) is 36.4 Å². The second-order valence-electron chi connectivity index (χ2n) is 7.05. The van der Waals surface area contributed by atoms with Crippen molar-refractivity contribution >= 4 is 0 Å². The molecule has 0 aromatic heterocycles. The molecule has 5 rings (SSSR count). The van der Waals surface area contributed by atoms with Crippen LogP contribution in [0.3, 0.4) is 0 Å². The number of benzene rings is 2. The lowest BCUT2D eigenvalue weighted by atomic mass is 9.80. The average Bonchev–Trinajstić information content (AvgIpc) is 2.56. The first-order valence-corrected chi connectivity index (χ1v) is 8.75. The maximum absolute atomic E-state index is 5.27. The molecule has 2 heteroatoms. The van der Waals surface area contributed by atoms with E-state index in [1.165, 1.54) is 37.8 Å². The van der Waals surface area contributed by atoms with E-state index < -0.39 is 0 Å². The van der Waals surface area contributed by atoms with Gasteiger partial charge in [-0.05, 0) is 60.4 Å². The number of methoxy groups -OCH3 is 1. The Kier molecular flexibility index (Phi) is 4.09. The van der Waals surface area contributed by atoms with E-state index in [2.05, 4.69) is 53.4 Å². The summed E-state index contributed by atoms with van der Waals surface area (Å²) in [7, 11) is 1.73. The summed E-state index contributed by atoms with van der Waals surface area (Å²) >= 11 is 0. The topological polar surface area (TPSA) is 12.5 Å². The van der Waals surface area contributed by atoms with Crippen molar-refractivity contribution in [3.8, 4) is 5.75 Å². The smallest absolute Gasteiger partial charge is 0.118 e. The van der Waals surface area contributed by atoms with Gasteiger partial charge in [-0.2, -0.15) is 0 Å². The zero-order valence-corrected chi connectivity index (χ0v) is 13.9. The zero-order chi connectivity index (χ0) is 15.6. The van der Waals surface area contributed by atoms with Crippen molar-refractivity contribution in [3.05, 3.63) is 65.2 Å². The van der Waals surface area contributed by atoms with Crippen LogP contribution >= 0.6 is 0 Å². The fourth-order valence-electron chi connectivity index (χ4n) is 4.26. The highest BCUT2D eigenvalue weighted by Crippen LogP contribution is 2.33. The Hall–Kier alpha value is -1.80.